The average molecular weight is 446 g/mol. The highest BCUT2D eigenvalue weighted by molar-refractivity contribution is 6.32. The van der Waals surface area contributed by atoms with Crippen LogP contribution in [0.4, 0.5) is 21.8 Å². The summed E-state index contributed by atoms with van der Waals surface area (Å²) in [6.07, 6.45) is 2.66. The molecule has 0 radical (unpaired) electrons. The molecule has 3 N–H and O–H groups in total. The Morgan fingerprint density at radius 3 is 2.90 bits per heavy atom. The normalized spacial score (nSPS) is 22.3. The number of likely N-dealkylation sites (tertiary alicyclic amines) is 1. The van der Waals surface area contributed by atoms with Gasteiger partial charge in [-0.05, 0) is 6.42 Å². The first-order valence-corrected chi connectivity index (χ1v) is 10.4. The minimum absolute atomic E-state index is 0.279. The van der Waals surface area contributed by atoms with Crippen LogP contribution in [0.1, 0.15) is 18.0 Å². The van der Waals surface area contributed by atoms with Crippen molar-refractivity contribution in [3.05, 3.63) is 23.1 Å². The molecule has 2 aliphatic heterocycles. The molecule has 0 aromatic carbocycles. The first-order valence-electron chi connectivity index (χ1n) is 10.0. The number of fused-ring (bicyclic) bond motifs is 1. The van der Waals surface area contributed by atoms with Crippen LogP contribution >= 0.6 is 11.6 Å². The molecule has 5 rings (SSSR count). The number of ether oxygens (including phenoxy) is 1. The number of rotatable bonds is 5. The van der Waals surface area contributed by atoms with E-state index in [1.807, 2.05) is 0 Å². The monoisotopic (exact) mass is 445 g/mol. The second-order valence-corrected chi connectivity index (χ2v) is 8.02. The second kappa shape index (κ2) is 7.96. The number of nitriles is 1. The Hall–Kier alpha value is -2.94. The van der Waals surface area contributed by atoms with E-state index in [1.54, 1.807) is 19.4 Å². The Kier molecular flexibility index (Phi) is 5.13. The third-order valence-corrected chi connectivity index (χ3v) is 6.24. The van der Waals surface area contributed by atoms with Crippen molar-refractivity contribution < 1.29 is 9.13 Å². The first-order chi connectivity index (χ1) is 15.1. The zero-order chi connectivity index (χ0) is 21.5. The van der Waals surface area contributed by atoms with Crippen molar-refractivity contribution in [3.63, 3.8) is 0 Å². The third-order valence-electron chi connectivity index (χ3n) is 5.86. The summed E-state index contributed by atoms with van der Waals surface area (Å²) < 4.78 is 21.7. The standard InChI is InChI=1S/C19H21ClFN9O/c1-23-17-15-10(4-22)5-24-18(15)28-19(27-17)26-13-6-25-30(16(13)20)14-2-3-29(7-12(14)21)11-8-31-9-11/h5-6,11-12,14H,2-3,7-9H2,1H3,(H3,23,24,26,27,28)/t12-,14-/m0/s1. The number of nitrogens with one attached hydrogen (secondary N) is 3. The molecule has 0 spiro atoms. The zero-order valence-corrected chi connectivity index (χ0v) is 17.5. The number of piperidine rings is 1. The molecular formula is C19H21ClFN9O. The number of aromatic amines is 1. The number of aromatic nitrogens is 5. The van der Waals surface area contributed by atoms with Crippen LogP contribution in [-0.2, 0) is 4.74 Å². The molecule has 0 unspecified atom stereocenters. The van der Waals surface area contributed by atoms with E-state index < -0.39 is 12.2 Å². The predicted octanol–water partition coefficient (Wildman–Crippen LogP) is 2.45. The maximum Gasteiger partial charge on any atom is 0.231 e. The summed E-state index contributed by atoms with van der Waals surface area (Å²) in [4.78, 5) is 13.9. The van der Waals surface area contributed by atoms with Gasteiger partial charge in [0.15, 0.2) is 5.15 Å². The van der Waals surface area contributed by atoms with E-state index in [4.69, 9.17) is 16.3 Å². The number of H-pyrrole nitrogens is 1. The topological polar surface area (TPSA) is 120 Å². The van der Waals surface area contributed by atoms with Gasteiger partial charge in [0.2, 0.25) is 5.95 Å². The number of hydrogen-bond acceptors (Lipinski definition) is 8. The molecule has 2 aliphatic rings. The second-order valence-electron chi connectivity index (χ2n) is 7.66. The summed E-state index contributed by atoms with van der Waals surface area (Å²) >= 11 is 6.54. The number of hydrogen-bond donors (Lipinski definition) is 3. The van der Waals surface area contributed by atoms with Gasteiger partial charge in [-0.3, -0.25) is 4.90 Å². The average Bonchev–Trinajstić information content (AvgIpc) is 3.30. The summed E-state index contributed by atoms with van der Waals surface area (Å²) in [5, 5.41) is 20.5. The molecule has 0 saturated carbocycles. The number of alkyl halides is 1. The number of nitrogens with zero attached hydrogens (tertiary/aromatic N) is 6. The molecule has 3 aromatic rings. The molecule has 0 amide bonds. The maximum atomic E-state index is 14.9. The summed E-state index contributed by atoms with van der Waals surface area (Å²) in [7, 11) is 1.72. The Bertz CT molecular complexity index is 1150. The fourth-order valence-corrected chi connectivity index (χ4v) is 4.36. The summed E-state index contributed by atoms with van der Waals surface area (Å²) in [6, 6.07) is 1.99. The van der Waals surface area contributed by atoms with Crippen LogP contribution in [0.15, 0.2) is 12.4 Å². The highest BCUT2D eigenvalue weighted by Crippen LogP contribution is 2.34. The summed E-state index contributed by atoms with van der Waals surface area (Å²) in [5.74, 6) is 0.784. The van der Waals surface area contributed by atoms with Gasteiger partial charge in [-0.2, -0.15) is 20.3 Å². The van der Waals surface area contributed by atoms with Crippen molar-refractivity contribution in [2.45, 2.75) is 24.7 Å². The van der Waals surface area contributed by atoms with Crippen molar-refractivity contribution in [1.82, 2.24) is 29.6 Å². The van der Waals surface area contributed by atoms with E-state index >= 15 is 0 Å². The van der Waals surface area contributed by atoms with E-state index in [9.17, 15) is 9.65 Å². The first kappa shape index (κ1) is 20.0. The van der Waals surface area contributed by atoms with E-state index in [-0.39, 0.29) is 5.95 Å². The van der Waals surface area contributed by atoms with Crippen molar-refractivity contribution in [2.75, 3.05) is 44.0 Å². The largest absolute Gasteiger partial charge is 0.378 e. The van der Waals surface area contributed by atoms with Crippen molar-refractivity contribution >= 4 is 40.1 Å². The van der Waals surface area contributed by atoms with E-state index in [1.165, 1.54) is 4.68 Å². The molecular weight excluding hydrogens is 425 g/mol. The Morgan fingerprint density at radius 1 is 1.39 bits per heavy atom. The van der Waals surface area contributed by atoms with Crippen LogP contribution < -0.4 is 10.6 Å². The maximum absolute atomic E-state index is 14.9. The zero-order valence-electron chi connectivity index (χ0n) is 16.8. The van der Waals surface area contributed by atoms with Gasteiger partial charge in [0.1, 0.15) is 23.7 Å². The fraction of sp³-hybridized carbons (Fsp3) is 0.474. The molecule has 31 heavy (non-hydrogen) atoms. The van der Waals surface area contributed by atoms with Crippen LogP contribution in [0, 0.1) is 11.3 Å². The van der Waals surface area contributed by atoms with Crippen molar-refractivity contribution in [2.24, 2.45) is 0 Å². The third kappa shape index (κ3) is 3.46. The minimum Gasteiger partial charge on any atom is -0.378 e. The highest BCUT2D eigenvalue weighted by atomic mass is 35.5. The lowest BCUT2D eigenvalue weighted by atomic mass is 10.0. The van der Waals surface area contributed by atoms with Gasteiger partial charge in [0.05, 0.1) is 48.1 Å². The predicted molar refractivity (Wildman–Crippen MR) is 113 cm³/mol. The van der Waals surface area contributed by atoms with Gasteiger partial charge in [0.25, 0.3) is 0 Å². The van der Waals surface area contributed by atoms with E-state index in [0.29, 0.717) is 65.5 Å². The molecule has 10 nitrogen and oxygen atoms in total. The number of halogens is 2. The molecule has 12 heteroatoms. The van der Waals surface area contributed by atoms with Crippen LogP contribution in [0.3, 0.4) is 0 Å². The molecule has 2 atom stereocenters. The smallest absolute Gasteiger partial charge is 0.231 e. The van der Waals surface area contributed by atoms with Gasteiger partial charge in [-0.15, -0.1) is 0 Å². The lowest BCUT2D eigenvalue weighted by Gasteiger charge is -2.42. The quantitative estimate of drug-likeness (QED) is 0.547. The van der Waals surface area contributed by atoms with Crippen LogP contribution in [0.2, 0.25) is 5.15 Å². The van der Waals surface area contributed by atoms with Gasteiger partial charge >= 0.3 is 0 Å². The van der Waals surface area contributed by atoms with Gasteiger partial charge in [-0.25, -0.2) is 9.07 Å². The Balaban J connectivity index is 1.37. The summed E-state index contributed by atoms with van der Waals surface area (Å²) in [5.41, 5.74) is 1.45. The molecule has 162 valence electrons. The highest BCUT2D eigenvalue weighted by Gasteiger charge is 2.37. The Labute approximate surface area is 182 Å². The lowest BCUT2D eigenvalue weighted by Crippen LogP contribution is -2.55. The Morgan fingerprint density at radius 2 is 2.23 bits per heavy atom. The molecule has 5 heterocycles. The van der Waals surface area contributed by atoms with Gasteiger partial charge in [0, 0.05) is 26.3 Å². The van der Waals surface area contributed by atoms with E-state index in [2.05, 4.69) is 41.7 Å². The molecule has 2 saturated heterocycles. The molecule has 0 aliphatic carbocycles. The fourth-order valence-electron chi connectivity index (χ4n) is 4.10. The molecule has 0 bridgehead atoms. The van der Waals surface area contributed by atoms with E-state index in [0.717, 1.165) is 6.54 Å². The molecule has 3 aromatic heterocycles. The van der Waals surface area contributed by atoms with Gasteiger partial charge in [-0.1, -0.05) is 11.6 Å². The van der Waals surface area contributed by atoms with Crippen molar-refractivity contribution in [3.8, 4) is 6.07 Å². The minimum atomic E-state index is -1.08. The van der Waals surface area contributed by atoms with Gasteiger partial charge < -0.3 is 20.4 Å². The number of anilines is 3. The SMILES string of the molecule is CNc1nc(Nc2cnn([C@H]3CCN(C4COC4)C[C@@H]3F)c2Cl)nc2[nH]cc(C#N)c12. The van der Waals surface area contributed by atoms with Crippen LogP contribution in [-0.4, -0.2) is 75.2 Å². The molecule has 2 fully saturated rings. The summed E-state index contributed by atoms with van der Waals surface area (Å²) in [6.45, 7) is 2.46. The van der Waals surface area contributed by atoms with Crippen LogP contribution in [0.5, 0.6) is 0 Å². The van der Waals surface area contributed by atoms with Crippen LogP contribution in [0.25, 0.3) is 11.0 Å². The van der Waals surface area contributed by atoms with Crippen molar-refractivity contribution in [1.29, 1.82) is 5.26 Å². The lowest BCUT2D eigenvalue weighted by molar-refractivity contribution is -0.0847.